The molecule has 2 fully saturated rings. The summed E-state index contributed by atoms with van der Waals surface area (Å²) in [5, 5.41) is 34.7. The van der Waals surface area contributed by atoms with Crippen molar-refractivity contribution in [3.05, 3.63) is 30.3 Å². The molecule has 10 nitrogen and oxygen atoms in total. The van der Waals surface area contributed by atoms with Gasteiger partial charge in [-0.3, -0.25) is 0 Å². The Bertz CT molecular complexity index is 991. The highest BCUT2D eigenvalue weighted by Gasteiger charge is 2.46. The molecule has 204 valence electrons. The van der Waals surface area contributed by atoms with Crippen molar-refractivity contribution in [1.82, 2.24) is 25.1 Å². The monoisotopic (exact) mass is 512 g/mol. The van der Waals surface area contributed by atoms with Crippen LogP contribution in [0.4, 0.5) is 23.5 Å². The molecule has 10 heteroatoms. The average molecular weight is 513 g/mol. The van der Waals surface area contributed by atoms with E-state index < -0.39 is 22.2 Å². The predicted molar refractivity (Wildman–Crippen MR) is 146 cm³/mol. The van der Waals surface area contributed by atoms with Gasteiger partial charge >= 0.3 is 0 Å². The first-order chi connectivity index (χ1) is 17.1. The largest absolute Gasteiger partial charge is 0.351 e. The van der Waals surface area contributed by atoms with Gasteiger partial charge in [0.05, 0.1) is 0 Å². The minimum atomic E-state index is -0.395. The molecule has 1 aromatic carbocycles. The summed E-state index contributed by atoms with van der Waals surface area (Å²) in [6, 6.07) is 9.96. The van der Waals surface area contributed by atoms with Crippen LogP contribution in [0.25, 0.3) is 0 Å². The van der Waals surface area contributed by atoms with Gasteiger partial charge in [0, 0.05) is 39.9 Å². The van der Waals surface area contributed by atoms with Crippen molar-refractivity contribution in [1.29, 1.82) is 0 Å². The van der Waals surface area contributed by atoms with Gasteiger partial charge < -0.3 is 26.4 Å². The van der Waals surface area contributed by atoms with Crippen molar-refractivity contribution < 1.29 is 10.4 Å². The van der Waals surface area contributed by atoms with Gasteiger partial charge in [-0.05, 0) is 93.2 Å². The highest BCUT2D eigenvalue weighted by atomic mass is 16.5. The molecule has 37 heavy (non-hydrogen) atoms. The molecule has 0 amide bonds. The number of para-hydroxylation sites is 1. The Labute approximate surface area is 220 Å². The summed E-state index contributed by atoms with van der Waals surface area (Å²) in [6.07, 6.45) is 2.95. The van der Waals surface area contributed by atoms with Crippen LogP contribution in [-0.4, -0.2) is 69.7 Å². The zero-order chi connectivity index (χ0) is 27.2. The number of rotatable bonds is 6. The zero-order valence-electron chi connectivity index (χ0n) is 23.5. The quantitative estimate of drug-likeness (QED) is 0.350. The summed E-state index contributed by atoms with van der Waals surface area (Å²) in [7, 11) is 0. The van der Waals surface area contributed by atoms with Crippen molar-refractivity contribution in [3.63, 3.8) is 0 Å². The first-order valence-electron chi connectivity index (χ1n) is 13.2. The van der Waals surface area contributed by atoms with Gasteiger partial charge in [-0.25, -0.2) is 0 Å². The van der Waals surface area contributed by atoms with E-state index in [-0.39, 0.29) is 12.1 Å². The summed E-state index contributed by atoms with van der Waals surface area (Å²) in [5.74, 6) is 1.41. The lowest BCUT2D eigenvalue weighted by atomic mass is 9.79. The van der Waals surface area contributed by atoms with E-state index in [4.69, 9.17) is 15.0 Å². The minimum absolute atomic E-state index is 0.0729. The molecule has 0 saturated carbocycles. The van der Waals surface area contributed by atoms with Crippen LogP contribution < -0.4 is 16.0 Å². The van der Waals surface area contributed by atoms with Gasteiger partial charge in [0.1, 0.15) is 0 Å². The first kappa shape index (κ1) is 27.5. The molecule has 2 aliphatic rings. The molecule has 0 aliphatic carbocycles. The van der Waals surface area contributed by atoms with Gasteiger partial charge in [-0.15, -0.1) is 0 Å². The maximum Gasteiger partial charge on any atom is 0.233 e. The summed E-state index contributed by atoms with van der Waals surface area (Å²) in [4.78, 5) is 14.1. The van der Waals surface area contributed by atoms with Crippen molar-refractivity contribution in [2.45, 2.75) is 115 Å². The molecule has 0 bridgehead atoms. The molecule has 3 heterocycles. The fraction of sp³-hybridized carbons (Fsp3) is 0.667. The third-order valence-electron chi connectivity index (χ3n) is 7.61. The lowest BCUT2D eigenvalue weighted by molar-refractivity contribution is -0.243. The maximum absolute atomic E-state index is 10.7. The van der Waals surface area contributed by atoms with Crippen LogP contribution in [0.3, 0.4) is 0 Å². The van der Waals surface area contributed by atoms with Gasteiger partial charge in [-0.2, -0.15) is 25.1 Å². The van der Waals surface area contributed by atoms with Crippen LogP contribution in [-0.2, 0) is 0 Å². The number of nitrogens with zero attached hydrogens (tertiary/aromatic N) is 5. The molecule has 0 unspecified atom stereocenters. The van der Waals surface area contributed by atoms with Crippen LogP contribution in [0, 0.1) is 0 Å². The maximum atomic E-state index is 10.7. The van der Waals surface area contributed by atoms with Crippen molar-refractivity contribution >= 4 is 23.5 Å². The highest BCUT2D eigenvalue weighted by Crippen LogP contribution is 2.39. The molecular formula is C27H44N8O2. The van der Waals surface area contributed by atoms with E-state index in [9.17, 15) is 10.4 Å². The number of piperidine rings is 2. The van der Waals surface area contributed by atoms with Crippen molar-refractivity contribution in [2.24, 2.45) is 0 Å². The Kier molecular flexibility index (Phi) is 7.17. The van der Waals surface area contributed by atoms with E-state index in [1.165, 1.54) is 10.1 Å². The van der Waals surface area contributed by atoms with Crippen LogP contribution in [0.15, 0.2) is 30.3 Å². The number of hydroxylamine groups is 4. The molecule has 4 rings (SSSR count). The normalized spacial score (nSPS) is 23.9. The lowest BCUT2D eigenvalue weighted by Gasteiger charge is -2.51. The van der Waals surface area contributed by atoms with E-state index in [0.717, 1.165) is 31.4 Å². The van der Waals surface area contributed by atoms with Gasteiger partial charge in [0.2, 0.25) is 17.8 Å². The first-order valence-corrected chi connectivity index (χ1v) is 13.2. The second-order valence-electron chi connectivity index (χ2n) is 13.2. The third-order valence-corrected chi connectivity index (χ3v) is 7.61. The summed E-state index contributed by atoms with van der Waals surface area (Å²) >= 11 is 0. The van der Waals surface area contributed by atoms with Gasteiger partial charge in [-0.1, -0.05) is 18.2 Å². The molecule has 0 spiro atoms. The highest BCUT2D eigenvalue weighted by molar-refractivity contribution is 5.55. The number of anilines is 4. The van der Waals surface area contributed by atoms with Crippen molar-refractivity contribution in [3.8, 4) is 0 Å². The zero-order valence-corrected chi connectivity index (χ0v) is 23.5. The second-order valence-corrected chi connectivity index (χ2v) is 13.2. The molecular weight excluding hydrogens is 468 g/mol. The Hall–Kier alpha value is -2.53. The number of benzene rings is 1. The van der Waals surface area contributed by atoms with Crippen LogP contribution in [0.2, 0.25) is 0 Å². The molecule has 2 aromatic rings. The SMILES string of the molecule is CC1(C)CC(Nc2nc(Nc3ccccc3)nc(NC3CC(C)(C)N(O)C(C)(C)C3)n2)CC(C)(C)N1O. The van der Waals surface area contributed by atoms with Crippen LogP contribution in [0.1, 0.15) is 81.1 Å². The molecule has 5 N–H and O–H groups in total. The Balaban J connectivity index is 1.61. The Morgan fingerprint density at radius 1 is 0.622 bits per heavy atom. The number of nitrogens with one attached hydrogen (secondary N) is 3. The second kappa shape index (κ2) is 9.65. The molecule has 0 radical (unpaired) electrons. The molecule has 2 saturated heterocycles. The van der Waals surface area contributed by atoms with Gasteiger partial charge in [0.25, 0.3) is 0 Å². The minimum Gasteiger partial charge on any atom is -0.351 e. The van der Waals surface area contributed by atoms with E-state index in [2.05, 4.69) is 16.0 Å². The molecule has 1 aromatic heterocycles. The van der Waals surface area contributed by atoms with Gasteiger partial charge in [0.15, 0.2) is 0 Å². The standard InChI is InChI=1S/C27H44N8O2/c1-24(2)14-19(15-25(3,4)34(24)36)29-22-31-21(28-18-12-10-9-11-13-18)32-23(33-22)30-20-16-26(5,6)35(37)27(7,8)17-20/h9-13,19-20,36-37H,14-17H2,1-8H3,(H3,28,29,30,31,32,33). The van der Waals surface area contributed by atoms with E-state index in [0.29, 0.717) is 17.8 Å². The number of aromatic nitrogens is 3. The van der Waals surface area contributed by atoms with Crippen LogP contribution >= 0.6 is 0 Å². The Morgan fingerprint density at radius 3 is 1.35 bits per heavy atom. The fourth-order valence-electron chi connectivity index (χ4n) is 6.32. The third kappa shape index (κ3) is 6.14. The van der Waals surface area contributed by atoms with E-state index in [1.807, 2.05) is 85.7 Å². The molecule has 0 atom stereocenters. The predicted octanol–water partition coefficient (Wildman–Crippen LogP) is 5.26. The van der Waals surface area contributed by atoms with Crippen molar-refractivity contribution in [2.75, 3.05) is 16.0 Å². The fourth-order valence-corrected chi connectivity index (χ4v) is 6.32. The number of hydrogen-bond acceptors (Lipinski definition) is 10. The van der Waals surface area contributed by atoms with E-state index in [1.54, 1.807) is 0 Å². The topological polar surface area (TPSA) is 122 Å². The summed E-state index contributed by atoms with van der Waals surface area (Å²) in [6.45, 7) is 16.4. The summed E-state index contributed by atoms with van der Waals surface area (Å²) < 4.78 is 0. The van der Waals surface area contributed by atoms with E-state index >= 15 is 0 Å². The summed E-state index contributed by atoms with van der Waals surface area (Å²) in [5.41, 5.74) is -0.693. The lowest BCUT2D eigenvalue weighted by Crippen LogP contribution is -2.61. The Morgan fingerprint density at radius 2 is 0.973 bits per heavy atom. The average Bonchev–Trinajstić information content (AvgIpc) is 2.75. The smallest absolute Gasteiger partial charge is 0.233 e. The number of hydrogen-bond donors (Lipinski definition) is 5. The van der Waals surface area contributed by atoms with Crippen LogP contribution in [0.5, 0.6) is 0 Å². The molecule has 2 aliphatic heterocycles.